The van der Waals surface area contributed by atoms with Gasteiger partial charge in [0.05, 0.1) is 0 Å². The number of carbonyl (C=O) groups is 1. The third kappa shape index (κ3) is 2.87. The van der Waals surface area contributed by atoms with Crippen molar-refractivity contribution in [2.24, 2.45) is 5.41 Å². The van der Waals surface area contributed by atoms with Crippen molar-refractivity contribution in [3.05, 3.63) is 12.7 Å². The number of anilines is 1. The normalized spacial score (nSPS) is 16.5. The maximum absolute atomic E-state index is 12.0. The topological polar surface area (TPSA) is 54.9 Å². The first-order valence-electron chi connectivity index (χ1n) is 5.59. The number of hydrogen-bond donors (Lipinski definition) is 1. The fraction of sp³-hybridized carbons (Fsp3) is 0.545. The molecule has 92 valence electrons. The highest BCUT2D eigenvalue weighted by atomic mass is 32.2. The molecule has 1 aliphatic carbocycles. The molecule has 0 bridgehead atoms. The van der Waals surface area contributed by atoms with Crippen LogP contribution in [-0.4, -0.2) is 21.9 Å². The van der Waals surface area contributed by atoms with Crippen molar-refractivity contribution in [1.29, 1.82) is 0 Å². The van der Waals surface area contributed by atoms with Gasteiger partial charge >= 0.3 is 0 Å². The van der Waals surface area contributed by atoms with Gasteiger partial charge in [0.15, 0.2) is 4.34 Å². The molecule has 1 aromatic heterocycles. The summed E-state index contributed by atoms with van der Waals surface area (Å²) in [4.78, 5) is 12.0. The molecule has 4 nitrogen and oxygen atoms in total. The van der Waals surface area contributed by atoms with Crippen LogP contribution in [-0.2, 0) is 4.79 Å². The zero-order valence-corrected chi connectivity index (χ0v) is 11.4. The van der Waals surface area contributed by atoms with Crippen molar-refractivity contribution in [1.82, 2.24) is 10.2 Å². The van der Waals surface area contributed by atoms with Gasteiger partial charge in [-0.3, -0.25) is 4.79 Å². The van der Waals surface area contributed by atoms with Crippen LogP contribution in [0.4, 0.5) is 5.13 Å². The maximum atomic E-state index is 12.0. The van der Waals surface area contributed by atoms with Gasteiger partial charge in [0.1, 0.15) is 0 Å². The van der Waals surface area contributed by atoms with Crippen molar-refractivity contribution >= 4 is 34.1 Å². The average Bonchev–Trinajstić information content (AvgIpc) is 3.03. The largest absolute Gasteiger partial charge is 0.300 e. The number of hydrogen-bond acceptors (Lipinski definition) is 5. The van der Waals surface area contributed by atoms with Gasteiger partial charge < -0.3 is 5.32 Å². The van der Waals surface area contributed by atoms with Gasteiger partial charge in [-0.1, -0.05) is 36.1 Å². The maximum Gasteiger partial charge on any atom is 0.232 e. The molecular weight excluding hydrogens is 254 g/mol. The van der Waals surface area contributed by atoms with E-state index < -0.39 is 0 Å². The van der Waals surface area contributed by atoms with Crippen LogP contribution in [0.5, 0.6) is 0 Å². The molecule has 1 heterocycles. The number of aromatic nitrogens is 2. The van der Waals surface area contributed by atoms with E-state index in [0.717, 1.165) is 29.4 Å². The fourth-order valence-corrected chi connectivity index (χ4v) is 3.08. The molecular formula is C11H15N3OS2. The van der Waals surface area contributed by atoms with Crippen LogP contribution < -0.4 is 5.32 Å². The smallest absolute Gasteiger partial charge is 0.232 e. The minimum Gasteiger partial charge on any atom is -0.300 e. The van der Waals surface area contributed by atoms with Crippen molar-refractivity contribution in [3.63, 3.8) is 0 Å². The van der Waals surface area contributed by atoms with E-state index in [9.17, 15) is 4.79 Å². The number of nitrogens with one attached hydrogen (secondary N) is 1. The molecule has 0 aliphatic heterocycles. The highest BCUT2D eigenvalue weighted by molar-refractivity contribution is 8.01. The summed E-state index contributed by atoms with van der Waals surface area (Å²) in [7, 11) is 0. The van der Waals surface area contributed by atoms with E-state index in [1.54, 1.807) is 11.8 Å². The fourth-order valence-electron chi connectivity index (χ4n) is 1.57. The Morgan fingerprint density at radius 2 is 2.41 bits per heavy atom. The lowest BCUT2D eigenvalue weighted by Gasteiger charge is -2.09. The Hall–Kier alpha value is -0.880. The van der Waals surface area contributed by atoms with Gasteiger partial charge in [-0.05, 0) is 19.3 Å². The van der Waals surface area contributed by atoms with Gasteiger partial charge in [-0.15, -0.1) is 16.8 Å². The summed E-state index contributed by atoms with van der Waals surface area (Å²) in [6.45, 7) is 5.70. The van der Waals surface area contributed by atoms with Crippen molar-refractivity contribution in [3.8, 4) is 0 Å². The summed E-state index contributed by atoms with van der Waals surface area (Å²) in [5.41, 5.74) is -0.125. The van der Waals surface area contributed by atoms with E-state index in [1.165, 1.54) is 11.3 Å². The average molecular weight is 269 g/mol. The summed E-state index contributed by atoms with van der Waals surface area (Å²) in [5.74, 6) is 0.901. The first-order valence-corrected chi connectivity index (χ1v) is 7.39. The number of thioether (sulfide) groups is 1. The van der Waals surface area contributed by atoms with Crippen molar-refractivity contribution in [2.75, 3.05) is 11.1 Å². The molecule has 17 heavy (non-hydrogen) atoms. The lowest BCUT2D eigenvalue weighted by Crippen LogP contribution is -2.23. The van der Waals surface area contributed by atoms with Crippen LogP contribution >= 0.6 is 23.1 Å². The van der Waals surface area contributed by atoms with Crippen LogP contribution in [0, 0.1) is 5.41 Å². The second-order valence-electron chi connectivity index (χ2n) is 4.06. The molecule has 0 unspecified atom stereocenters. The van der Waals surface area contributed by atoms with Crippen LogP contribution in [0.25, 0.3) is 0 Å². The summed E-state index contributed by atoms with van der Waals surface area (Å²) in [6.07, 6.45) is 4.70. The van der Waals surface area contributed by atoms with E-state index in [0.29, 0.717) is 5.13 Å². The Kier molecular flexibility index (Phi) is 3.83. The molecule has 1 amide bonds. The van der Waals surface area contributed by atoms with Crippen LogP contribution in [0.1, 0.15) is 26.2 Å². The highest BCUT2D eigenvalue weighted by Crippen LogP contribution is 2.49. The Labute approximate surface area is 109 Å². The molecule has 1 fully saturated rings. The van der Waals surface area contributed by atoms with Gasteiger partial charge in [0, 0.05) is 11.2 Å². The first kappa shape index (κ1) is 12.6. The third-order valence-corrected chi connectivity index (χ3v) is 4.93. The quantitative estimate of drug-likeness (QED) is 0.490. The third-order valence-electron chi connectivity index (χ3n) is 2.96. The molecule has 2 rings (SSSR count). The SMILES string of the molecule is C=CCSc1nnc(NC(=O)C2(CC)CC2)s1. The molecule has 0 spiro atoms. The summed E-state index contributed by atoms with van der Waals surface area (Å²) < 4.78 is 0.863. The van der Waals surface area contributed by atoms with Gasteiger partial charge in [0.2, 0.25) is 11.0 Å². The number of amides is 1. The van der Waals surface area contributed by atoms with E-state index in [-0.39, 0.29) is 11.3 Å². The number of rotatable bonds is 6. The van der Waals surface area contributed by atoms with E-state index in [2.05, 4.69) is 29.0 Å². The Morgan fingerprint density at radius 3 is 3.00 bits per heavy atom. The van der Waals surface area contributed by atoms with Gasteiger partial charge in [-0.2, -0.15) is 0 Å². The van der Waals surface area contributed by atoms with Crippen LogP contribution in [0.3, 0.4) is 0 Å². The lowest BCUT2D eigenvalue weighted by molar-refractivity contribution is -0.121. The number of nitrogens with zero attached hydrogens (tertiary/aromatic N) is 2. The summed E-state index contributed by atoms with van der Waals surface area (Å²) in [5, 5.41) is 11.4. The molecule has 0 radical (unpaired) electrons. The summed E-state index contributed by atoms with van der Waals surface area (Å²) in [6, 6.07) is 0. The highest BCUT2D eigenvalue weighted by Gasteiger charge is 2.48. The zero-order valence-electron chi connectivity index (χ0n) is 9.73. The minimum absolute atomic E-state index is 0.0939. The van der Waals surface area contributed by atoms with E-state index in [4.69, 9.17) is 0 Å². The van der Waals surface area contributed by atoms with Gasteiger partial charge in [0.25, 0.3) is 0 Å². The molecule has 1 N–H and O–H groups in total. The lowest BCUT2D eigenvalue weighted by atomic mass is 10.0. The zero-order chi connectivity index (χ0) is 12.3. The van der Waals surface area contributed by atoms with Crippen molar-refractivity contribution in [2.45, 2.75) is 30.5 Å². The molecule has 0 atom stereocenters. The Balaban J connectivity index is 1.92. The monoisotopic (exact) mass is 269 g/mol. The molecule has 1 saturated carbocycles. The Bertz CT molecular complexity index is 426. The van der Waals surface area contributed by atoms with Crippen LogP contribution in [0.2, 0.25) is 0 Å². The minimum atomic E-state index is -0.125. The van der Waals surface area contributed by atoms with E-state index in [1.807, 2.05) is 6.08 Å². The molecule has 0 aromatic carbocycles. The standard InChI is InChI=1S/C11H15N3OS2/c1-3-7-16-10-14-13-9(17-10)12-8(15)11(4-2)5-6-11/h3H,1,4-7H2,2H3,(H,12,13,15). The summed E-state index contributed by atoms with van der Waals surface area (Å²) >= 11 is 2.99. The predicted molar refractivity (Wildman–Crippen MR) is 71.4 cm³/mol. The van der Waals surface area contributed by atoms with Crippen molar-refractivity contribution < 1.29 is 4.79 Å². The molecule has 0 saturated heterocycles. The predicted octanol–water partition coefficient (Wildman–Crippen LogP) is 2.94. The Morgan fingerprint density at radius 1 is 1.65 bits per heavy atom. The second-order valence-corrected chi connectivity index (χ2v) is 6.31. The first-order chi connectivity index (χ1) is 8.20. The van der Waals surface area contributed by atoms with Crippen LogP contribution in [0.15, 0.2) is 17.0 Å². The van der Waals surface area contributed by atoms with Gasteiger partial charge in [-0.25, -0.2) is 0 Å². The molecule has 6 heteroatoms. The number of carbonyl (C=O) groups excluding carboxylic acids is 1. The second kappa shape index (κ2) is 5.18. The van der Waals surface area contributed by atoms with E-state index >= 15 is 0 Å². The molecule has 1 aliphatic rings. The molecule has 1 aromatic rings.